The summed E-state index contributed by atoms with van der Waals surface area (Å²) in [6, 6.07) is 25.0. The topological polar surface area (TPSA) is 79.7 Å². The van der Waals surface area contributed by atoms with Crippen LogP contribution < -0.4 is 4.74 Å². The molecule has 1 atom stereocenters. The summed E-state index contributed by atoms with van der Waals surface area (Å²) in [5.41, 5.74) is 1.81. The number of carbonyl (C=O) groups is 2. The number of rotatable bonds is 5. The summed E-state index contributed by atoms with van der Waals surface area (Å²) in [4.78, 5) is 32.3. The van der Waals surface area contributed by atoms with E-state index in [9.17, 15) is 14.7 Å². The van der Waals surface area contributed by atoms with E-state index in [2.05, 4.69) is 4.98 Å². The summed E-state index contributed by atoms with van der Waals surface area (Å²) >= 11 is 0. The highest BCUT2D eigenvalue weighted by atomic mass is 16.5. The third kappa shape index (κ3) is 3.79. The van der Waals surface area contributed by atoms with Gasteiger partial charge in [-0.25, -0.2) is 0 Å². The largest absolute Gasteiger partial charge is 0.507 e. The SMILES string of the molecule is COc1cccc(CN2C(=O)C(=O)/C(=C(\O)c3ccc4ccccc4c3)C2c2ccccn2)c1. The zero-order valence-corrected chi connectivity index (χ0v) is 18.5. The molecule has 1 aromatic heterocycles. The highest BCUT2D eigenvalue weighted by Gasteiger charge is 2.46. The summed E-state index contributed by atoms with van der Waals surface area (Å²) in [5, 5.41) is 13.2. The highest BCUT2D eigenvalue weighted by molar-refractivity contribution is 6.46. The van der Waals surface area contributed by atoms with Crippen LogP contribution in [0.25, 0.3) is 16.5 Å². The van der Waals surface area contributed by atoms with Gasteiger partial charge < -0.3 is 14.7 Å². The summed E-state index contributed by atoms with van der Waals surface area (Å²) < 4.78 is 5.30. The fourth-order valence-electron chi connectivity index (χ4n) is 4.35. The van der Waals surface area contributed by atoms with Gasteiger partial charge >= 0.3 is 0 Å². The molecule has 1 aliphatic heterocycles. The number of aromatic nitrogens is 1. The van der Waals surface area contributed by atoms with E-state index >= 15 is 0 Å². The number of amides is 1. The van der Waals surface area contributed by atoms with Crippen molar-refractivity contribution in [3.8, 4) is 5.75 Å². The Morgan fingerprint density at radius 2 is 1.74 bits per heavy atom. The summed E-state index contributed by atoms with van der Waals surface area (Å²) in [6.07, 6.45) is 1.61. The van der Waals surface area contributed by atoms with Crippen molar-refractivity contribution in [1.82, 2.24) is 9.88 Å². The Balaban J connectivity index is 1.64. The zero-order chi connectivity index (χ0) is 23.7. The third-order valence-corrected chi connectivity index (χ3v) is 6.02. The van der Waals surface area contributed by atoms with Crippen molar-refractivity contribution in [3.63, 3.8) is 0 Å². The Labute approximate surface area is 196 Å². The minimum absolute atomic E-state index is 0.0295. The fourth-order valence-corrected chi connectivity index (χ4v) is 4.35. The van der Waals surface area contributed by atoms with E-state index in [1.54, 1.807) is 37.6 Å². The van der Waals surface area contributed by atoms with Gasteiger partial charge in [0, 0.05) is 18.3 Å². The number of hydrogen-bond acceptors (Lipinski definition) is 5. The number of aliphatic hydroxyl groups excluding tert-OH is 1. The van der Waals surface area contributed by atoms with Crippen molar-refractivity contribution >= 4 is 28.2 Å². The maximum atomic E-state index is 13.2. The molecule has 2 heterocycles. The normalized spacial score (nSPS) is 17.3. The molecule has 3 aromatic carbocycles. The average Bonchev–Trinajstić information content (AvgIpc) is 3.13. The first-order chi connectivity index (χ1) is 16.6. The first kappa shape index (κ1) is 21.4. The van der Waals surface area contributed by atoms with Crippen molar-refractivity contribution in [3.05, 3.63) is 114 Å². The smallest absolute Gasteiger partial charge is 0.296 e. The second kappa shape index (κ2) is 8.83. The number of pyridine rings is 1. The van der Waals surface area contributed by atoms with Crippen molar-refractivity contribution in [2.45, 2.75) is 12.6 Å². The van der Waals surface area contributed by atoms with Crippen molar-refractivity contribution in [2.24, 2.45) is 0 Å². The number of ketones is 1. The second-order valence-electron chi connectivity index (χ2n) is 8.10. The molecule has 1 amide bonds. The number of nitrogens with zero attached hydrogens (tertiary/aromatic N) is 2. The van der Waals surface area contributed by atoms with Crippen LogP contribution in [0.1, 0.15) is 22.9 Å². The van der Waals surface area contributed by atoms with Crippen LogP contribution in [0.3, 0.4) is 0 Å². The first-order valence-corrected chi connectivity index (χ1v) is 10.9. The van der Waals surface area contributed by atoms with E-state index in [0.29, 0.717) is 17.0 Å². The molecular formula is C28H22N2O4. The predicted molar refractivity (Wildman–Crippen MR) is 129 cm³/mol. The Kier molecular flexibility index (Phi) is 5.55. The lowest BCUT2D eigenvalue weighted by atomic mass is 9.97. The van der Waals surface area contributed by atoms with E-state index in [4.69, 9.17) is 4.74 Å². The van der Waals surface area contributed by atoms with Gasteiger partial charge in [-0.1, -0.05) is 54.6 Å². The van der Waals surface area contributed by atoms with Crippen molar-refractivity contribution < 1.29 is 19.4 Å². The molecule has 6 nitrogen and oxygen atoms in total. The molecule has 0 radical (unpaired) electrons. The van der Waals surface area contributed by atoms with Crippen LogP contribution >= 0.6 is 0 Å². The molecule has 0 bridgehead atoms. The lowest BCUT2D eigenvalue weighted by Gasteiger charge is -2.24. The molecule has 168 valence electrons. The summed E-state index contributed by atoms with van der Waals surface area (Å²) in [6.45, 7) is 0.164. The number of ether oxygens (including phenoxy) is 1. The number of aliphatic hydroxyl groups is 1. The van der Waals surface area contributed by atoms with Crippen LogP contribution in [-0.2, 0) is 16.1 Å². The van der Waals surface area contributed by atoms with E-state index < -0.39 is 17.7 Å². The van der Waals surface area contributed by atoms with Gasteiger partial charge in [0.15, 0.2) is 0 Å². The quantitative estimate of drug-likeness (QED) is 0.267. The van der Waals surface area contributed by atoms with E-state index in [-0.39, 0.29) is 17.9 Å². The maximum Gasteiger partial charge on any atom is 0.296 e. The fraction of sp³-hybridized carbons (Fsp3) is 0.107. The van der Waals surface area contributed by atoms with Crippen LogP contribution in [0.5, 0.6) is 5.75 Å². The molecule has 5 rings (SSSR count). The molecule has 1 unspecified atom stereocenters. The molecule has 0 spiro atoms. The van der Waals surface area contributed by atoms with Gasteiger partial charge in [0.2, 0.25) is 0 Å². The lowest BCUT2D eigenvalue weighted by molar-refractivity contribution is -0.140. The Hall–Kier alpha value is -4.45. The molecule has 0 aliphatic carbocycles. The molecule has 34 heavy (non-hydrogen) atoms. The number of hydrogen-bond donors (Lipinski definition) is 1. The molecule has 6 heteroatoms. The van der Waals surface area contributed by atoms with Gasteiger partial charge in [-0.05, 0) is 46.7 Å². The van der Waals surface area contributed by atoms with Gasteiger partial charge in [0.1, 0.15) is 17.6 Å². The lowest BCUT2D eigenvalue weighted by Crippen LogP contribution is -2.29. The maximum absolute atomic E-state index is 13.2. The Morgan fingerprint density at radius 3 is 2.50 bits per heavy atom. The number of Topliss-reactive ketones (excluding diaryl/α,β-unsaturated/α-hetero) is 1. The van der Waals surface area contributed by atoms with E-state index in [1.165, 1.54) is 4.90 Å². The van der Waals surface area contributed by atoms with Crippen LogP contribution in [0.2, 0.25) is 0 Å². The summed E-state index contributed by atoms with van der Waals surface area (Å²) in [5.74, 6) is -0.974. The summed E-state index contributed by atoms with van der Waals surface area (Å²) in [7, 11) is 1.57. The molecule has 1 saturated heterocycles. The highest BCUT2D eigenvalue weighted by Crippen LogP contribution is 2.40. The first-order valence-electron chi connectivity index (χ1n) is 10.9. The molecule has 1 fully saturated rings. The minimum Gasteiger partial charge on any atom is -0.507 e. The predicted octanol–water partition coefficient (Wildman–Crippen LogP) is 4.87. The average molecular weight is 450 g/mol. The molecule has 4 aromatic rings. The van der Waals surface area contributed by atoms with Crippen LogP contribution in [-0.4, -0.2) is 33.8 Å². The van der Waals surface area contributed by atoms with Crippen LogP contribution in [0.4, 0.5) is 0 Å². The number of methoxy groups -OCH3 is 1. The van der Waals surface area contributed by atoms with Gasteiger partial charge in [0.25, 0.3) is 11.7 Å². The standard InChI is InChI=1S/C28H22N2O4/c1-34-22-10-6-7-18(15-22)17-30-25(23-11-4-5-14-29-23)24(27(32)28(30)33)26(31)21-13-12-19-8-2-3-9-20(19)16-21/h2-16,25,31H,17H2,1H3/b26-24-. The van der Waals surface area contributed by atoms with Gasteiger partial charge in [0.05, 0.1) is 18.4 Å². The minimum atomic E-state index is -0.820. The number of benzene rings is 3. The van der Waals surface area contributed by atoms with E-state index in [0.717, 1.165) is 16.3 Å². The van der Waals surface area contributed by atoms with Crippen LogP contribution in [0.15, 0.2) is 96.7 Å². The molecule has 0 saturated carbocycles. The Bertz CT molecular complexity index is 1430. The molecular weight excluding hydrogens is 428 g/mol. The Morgan fingerprint density at radius 1 is 0.941 bits per heavy atom. The number of likely N-dealkylation sites (tertiary alicyclic amines) is 1. The monoisotopic (exact) mass is 450 g/mol. The third-order valence-electron chi connectivity index (χ3n) is 6.02. The van der Waals surface area contributed by atoms with E-state index in [1.807, 2.05) is 60.7 Å². The van der Waals surface area contributed by atoms with Gasteiger partial charge in [-0.2, -0.15) is 0 Å². The van der Waals surface area contributed by atoms with Crippen molar-refractivity contribution in [1.29, 1.82) is 0 Å². The number of carbonyl (C=O) groups excluding carboxylic acids is 2. The van der Waals surface area contributed by atoms with Gasteiger partial charge in [-0.3, -0.25) is 14.6 Å². The van der Waals surface area contributed by atoms with Gasteiger partial charge in [-0.15, -0.1) is 0 Å². The van der Waals surface area contributed by atoms with Crippen molar-refractivity contribution in [2.75, 3.05) is 7.11 Å². The molecule has 1 N–H and O–H groups in total. The second-order valence-corrected chi connectivity index (χ2v) is 8.10. The number of fused-ring (bicyclic) bond motifs is 1. The van der Waals surface area contributed by atoms with Crippen LogP contribution in [0, 0.1) is 0 Å². The molecule has 1 aliphatic rings. The zero-order valence-electron chi connectivity index (χ0n) is 18.5.